The Morgan fingerprint density at radius 1 is 0.893 bits per heavy atom. The number of amides is 1. The fourth-order valence-electron chi connectivity index (χ4n) is 2.71. The third kappa shape index (κ3) is 4.58. The third-order valence-corrected chi connectivity index (χ3v) is 5.75. The minimum Gasteiger partial charge on any atom is -0.322 e. The second-order valence-electron chi connectivity index (χ2n) is 6.47. The monoisotopic (exact) mass is 394 g/mol. The summed E-state index contributed by atoms with van der Waals surface area (Å²) in [6.07, 6.45) is 0.915. The van der Waals surface area contributed by atoms with Gasteiger partial charge in [-0.2, -0.15) is 0 Å². The van der Waals surface area contributed by atoms with Gasteiger partial charge in [-0.05, 0) is 55.3 Å². The Kier molecular flexibility index (Phi) is 5.80. The second-order valence-corrected chi connectivity index (χ2v) is 8.15. The number of benzene rings is 3. The number of aryl methyl sites for hydroxylation is 2. The molecule has 3 rings (SSSR count). The van der Waals surface area contributed by atoms with Crippen molar-refractivity contribution >= 4 is 27.3 Å². The standard InChI is InChI=1S/C22H22N2O3S/c1-3-17-10-12-18(13-11-17)23-22(25)20-6-4-5-7-21(20)24-28(26,27)19-14-8-16(2)9-15-19/h4-15,24H,3H2,1-2H3,(H,23,25). The van der Waals surface area contributed by atoms with Gasteiger partial charge in [-0.15, -0.1) is 0 Å². The molecule has 3 aromatic rings. The van der Waals surface area contributed by atoms with Crippen LogP contribution in [0.15, 0.2) is 77.7 Å². The molecule has 0 aliphatic carbocycles. The molecule has 1 amide bonds. The maximum absolute atomic E-state index is 12.7. The van der Waals surface area contributed by atoms with Crippen LogP contribution in [0.5, 0.6) is 0 Å². The van der Waals surface area contributed by atoms with E-state index in [1.54, 1.807) is 36.4 Å². The van der Waals surface area contributed by atoms with Gasteiger partial charge in [0.25, 0.3) is 15.9 Å². The number of rotatable bonds is 6. The molecule has 0 bridgehead atoms. The molecule has 2 N–H and O–H groups in total. The molecule has 0 atom stereocenters. The SMILES string of the molecule is CCc1ccc(NC(=O)c2ccccc2NS(=O)(=O)c2ccc(C)cc2)cc1. The molecule has 0 aliphatic heterocycles. The first-order chi connectivity index (χ1) is 13.4. The zero-order chi connectivity index (χ0) is 20.1. The van der Waals surface area contributed by atoms with Crippen LogP contribution in [0, 0.1) is 6.92 Å². The van der Waals surface area contributed by atoms with E-state index in [-0.39, 0.29) is 22.1 Å². The molecule has 0 heterocycles. The molecule has 5 nitrogen and oxygen atoms in total. The minimum absolute atomic E-state index is 0.142. The van der Waals surface area contributed by atoms with Gasteiger partial charge in [-0.1, -0.05) is 48.9 Å². The molecule has 28 heavy (non-hydrogen) atoms. The van der Waals surface area contributed by atoms with E-state index >= 15 is 0 Å². The maximum Gasteiger partial charge on any atom is 0.261 e. The molecule has 144 valence electrons. The van der Waals surface area contributed by atoms with Gasteiger partial charge in [0.1, 0.15) is 0 Å². The predicted molar refractivity (Wildman–Crippen MR) is 112 cm³/mol. The third-order valence-electron chi connectivity index (χ3n) is 4.37. The number of hydrogen-bond donors (Lipinski definition) is 2. The number of sulfonamides is 1. The summed E-state index contributed by atoms with van der Waals surface area (Å²) < 4.78 is 27.9. The van der Waals surface area contributed by atoms with E-state index in [1.807, 2.05) is 31.2 Å². The van der Waals surface area contributed by atoms with Crippen molar-refractivity contribution < 1.29 is 13.2 Å². The van der Waals surface area contributed by atoms with Crippen molar-refractivity contribution in [3.05, 3.63) is 89.5 Å². The molecule has 0 saturated heterocycles. The molecule has 0 unspecified atom stereocenters. The van der Waals surface area contributed by atoms with Gasteiger partial charge < -0.3 is 5.32 Å². The van der Waals surface area contributed by atoms with Crippen LogP contribution in [-0.2, 0) is 16.4 Å². The highest BCUT2D eigenvalue weighted by Gasteiger charge is 2.18. The molecule has 0 radical (unpaired) electrons. The largest absolute Gasteiger partial charge is 0.322 e. The lowest BCUT2D eigenvalue weighted by molar-refractivity contribution is 0.102. The molecular weight excluding hydrogens is 372 g/mol. The van der Waals surface area contributed by atoms with Crippen molar-refractivity contribution in [3.63, 3.8) is 0 Å². The predicted octanol–water partition coefficient (Wildman–Crippen LogP) is 4.61. The summed E-state index contributed by atoms with van der Waals surface area (Å²) >= 11 is 0. The highest BCUT2D eigenvalue weighted by atomic mass is 32.2. The number of nitrogens with one attached hydrogen (secondary N) is 2. The van der Waals surface area contributed by atoms with Gasteiger partial charge in [-0.25, -0.2) is 8.42 Å². The first-order valence-electron chi connectivity index (χ1n) is 8.98. The summed E-state index contributed by atoms with van der Waals surface area (Å²) in [4.78, 5) is 12.9. The van der Waals surface area contributed by atoms with Crippen molar-refractivity contribution in [3.8, 4) is 0 Å². The van der Waals surface area contributed by atoms with Gasteiger partial charge in [0.05, 0.1) is 16.1 Å². The zero-order valence-corrected chi connectivity index (χ0v) is 16.6. The van der Waals surface area contributed by atoms with E-state index in [9.17, 15) is 13.2 Å². The Hall–Kier alpha value is -3.12. The van der Waals surface area contributed by atoms with Crippen LogP contribution in [0.3, 0.4) is 0 Å². The van der Waals surface area contributed by atoms with Gasteiger partial charge >= 0.3 is 0 Å². The van der Waals surface area contributed by atoms with Crippen LogP contribution >= 0.6 is 0 Å². The van der Waals surface area contributed by atoms with Crippen LogP contribution < -0.4 is 10.0 Å². The van der Waals surface area contributed by atoms with E-state index in [2.05, 4.69) is 17.0 Å². The molecule has 3 aromatic carbocycles. The highest BCUT2D eigenvalue weighted by molar-refractivity contribution is 7.92. The van der Waals surface area contributed by atoms with Gasteiger partial charge in [0.15, 0.2) is 0 Å². The summed E-state index contributed by atoms with van der Waals surface area (Å²) in [5.74, 6) is -0.383. The average Bonchev–Trinajstić information content (AvgIpc) is 2.69. The van der Waals surface area contributed by atoms with Crippen molar-refractivity contribution in [1.82, 2.24) is 0 Å². The van der Waals surface area contributed by atoms with Crippen LogP contribution in [0.4, 0.5) is 11.4 Å². The summed E-state index contributed by atoms with van der Waals surface area (Å²) in [6, 6.07) is 20.6. The van der Waals surface area contributed by atoms with Crippen molar-refractivity contribution in [2.75, 3.05) is 10.0 Å². The molecule has 0 fully saturated rings. The normalized spacial score (nSPS) is 11.1. The van der Waals surface area contributed by atoms with Crippen LogP contribution in [0.2, 0.25) is 0 Å². The maximum atomic E-state index is 12.7. The number of carbonyl (C=O) groups is 1. The number of anilines is 2. The van der Waals surface area contributed by atoms with E-state index in [0.29, 0.717) is 5.69 Å². The topological polar surface area (TPSA) is 75.3 Å². The Labute approximate surface area is 165 Å². The van der Waals surface area contributed by atoms with E-state index < -0.39 is 10.0 Å². The van der Waals surface area contributed by atoms with Gasteiger partial charge in [-0.3, -0.25) is 9.52 Å². The van der Waals surface area contributed by atoms with E-state index in [4.69, 9.17) is 0 Å². The first-order valence-corrected chi connectivity index (χ1v) is 10.5. The fourth-order valence-corrected chi connectivity index (χ4v) is 3.79. The van der Waals surface area contributed by atoms with Crippen LogP contribution in [-0.4, -0.2) is 14.3 Å². The molecular formula is C22H22N2O3S. The summed E-state index contributed by atoms with van der Waals surface area (Å²) in [5.41, 5.74) is 3.26. The van der Waals surface area contributed by atoms with Crippen molar-refractivity contribution in [2.24, 2.45) is 0 Å². The molecule has 0 spiro atoms. The van der Waals surface area contributed by atoms with Crippen molar-refractivity contribution in [1.29, 1.82) is 0 Å². The smallest absolute Gasteiger partial charge is 0.261 e. The van der Waals surface area contributed by atoms with Crippen LogP contribution in [0.25, 0.3) is 0 Å². The zero-order valence-electron chi connectivity index (χ0n) is 15.8. The Bertz CT molecular complexity index is 1070. The average molecular weight is 394 g/mol. The van der Waals surface area contributed by atoms with Crippen LogP contribution in [0.1, 0.15) is 28.4 Å². The fraction of sp³-hybridized carbons (Fsp3) is 0.136. The minimum atomic E-state index is -3.80. The summed E-state index contributed by atoms with van der Waals surface area (Å²) in [6.45, 7) is 3.94. The van der Waals surface area contributed by atoms with Gasteiger partial charge in [0, 0.05) is 5.69 Å². The van der Waals surface area contributed by atoms with E-state index in [1.165, 1.54) is 17.7 Å². The van der Waals surface area contributed by atoms with E-state index in [0.717, 1.165) is 12.0 Å². The van der Waals surface area contributed by atoms with Gasteiger partial charge in [0.2, 0.25) is 0 Å². The van der Waals surface area contributed by atoms with Crippen molar-refractivity contribution in [2.45, 2.75) is 25.2 Å². The quantitative estimate of drug-likeness (QED) is 0.641. The number of carbonyl (C=O) groups excluding carboxylic acids is 1. The molecule has 0 aromatic heterocycles. The lowest BCUT2D eigenvalue weighted by atomic mass is 10.1. The highest BCUT2D eigenvalue weighted by Crippen LogP contribution is 2.22. The molecule has 6 heteroatoms. The first kappa shape index (κ1) is 19.6. The Balaban J connectivity index is 1.83. The summed E-state index contributed by atoms with van der Waals surface area (Å²) in [5, 5.41) is 2.81. The lowest BCUT2D eigenvalue weighted by Crippen LogP contribution is -2.18. The Morgan fingerprint density at radius 2 is 1.54 bits per heavy atom. The number of hydrogen-bond acceptors (Lipinski definition) is 3. The Morgan fingerprint density at radius 3 is 2.18 bits per heavy atom. The summed E-state index contributed by atoms with van der Waals surface area (Å²) in [7, 11) is -3.80. The molecule has 0 saturated carbocycles. The molecule has 0 aliphatic rings. The lowest BCUT2D eigenvalue weighted by Gasteiger charge is -2.13. The second kappa shape index (κ2) is 8.27. The number of para-hydroxylation sites is 1.